The minimum atomic E-state index is -0.420. The first-order valence-corrected chi connectivity index (χ1v) is 6.53. The van der Waals surface area contributed by atoms with Crippen LogP contribution in [0.15, 0.2) is 11.8 Å². The fourth-order valence-corrected chi connectivity index (χ4v) is 1.46. The van der Waals surface area contributed by atoms with Crippen LogP contribution in [0.3, 0.4) is 0 Å². The molecular weight excluding hydrogens is 216 g/mol. The molecule has 0 amide bonds. The molecule has 17 heavy (non-hydrogen) atoms. The molecule has 0 saturated heterocycles. The Labute approximate surface area is 104 Å². The average molecular weight is 240 g/mol. The Hall–Kier alpha value is -1.12. The number of rotatable bonds is 9. The molecular formula is C14H24O3. The molecule has 98 valence electrons. The summed E-state index contributed by atoms with van der Waals surface area (Å²) in [6.07, 6.45) is 8.13. The smallest absolute Gasteiger partial charge is 0.308 e. The number of hydrogen-bond donors (Lipinski definition) is 0. The van der Waals surface area contributed by atoms with E-state index in [1.807, 2.05) is 6.92 Å². The summed E-state index contributed by atoms with van der Waals surface area (Å²) >= 11 is 0. The van der Waals surface area contributed by atoms with Gasteiger partial charge >= 0.3 is 5.97 Å². The zero-order valence-electron chi connectivity index (χ0n) is 11.3. The van der Waals surface area contributed by atoms with E-state index in [1.54, 1.807) is 6.08 Å². The van der Waals surface area contributed by atoms with Crippen molar-refractivity contribution in [1.82, 2.24) is 0 Å². The zero-order valence-corrected chi connectivity index (χ0v) is 11.3. The lowest BCUT2D eigenvalue weighted by Crippen LogP contribution is -2.09. The SMILES string of the molecule is CCCCC/C=C(\OC(C)=O)C(=O)CCCC. The monoisotopic (exact) mass is 240 g/mol. The quantitative estimate of drug-likeness (QED) is 0.267. The van der Waals surface area contributed by atoms with Crippen LogP contribution in [0.25, 0.3) is 0 Å². The Morgan fingerprint density at radius 2 is 1.71 bits per heavy atom. The van der Waals surface area contributed by atoms with Gasteiger partial charge in [0.2, 0.25) is 0 Å². The van der Waals surface area contributed by atoms with E-state index in [0.29, 0.717) is 6.42 Å². The Bertz CT molecular complexity index is 267. The first-order valence-electron chi connectivity index (χ1n) is 6.53. The summed E-state index contributed by atoms with van der Waals surface area (Å²) in [6, 6.07) is 0. The molecule has 0 bridgehead atoms. The number of ether oxygens (including phenoxy) is 1. The Kier molecular flexibility index (Phi) is 9.40. The van der Waals surface area contributed by atoms with Crippen molar-refractivity contribution >= 4 is 11.8 Å². The van der Waals surface area contributed by atoms with Crippen LogP contribution in [0.2, 0.25) is 0 Å². The van der Waals surface area contributed by atoms with Gasteiger partial charge in [0, 0.05) is 13.3 Å². The van der Waals surface area contributed by atoms with Gasteiger partial charge < -0.3 is 4.74 Å². The number of unbranched alkanes of at least 4 members (excludes halogenated alkanes) is 4. The van der Waals surface area contributed by atoms with Gasteiger partial charge in [0.25, 0.3) is 0 Å². The third-order valence-corrected chi connectivity index (χ3v) is 2.42. The molecule has 0 fully saturated rings. The van der Waals surface area contributed by atoms with Gasteiger partial charge in [0.15, 0.2) is 11.5 Å². The Morgan fingerprint density at radius 3 is 2.24 bits per heavy atom. The molecule has 0 spiro atoms. The summed E-state index contributed by atoms with van der Waals surface area (Å²) in [6.45, 7) is 5.49. The van der Waals surface area contributed by atoms with Crippen molar-refractivity contribution in [3.05, 3.63) is 11.8 Å². The molecule has 0 aliphatic carbocycles. The average Bonchev–Trinajstić information content (AvgIpc) is 2.29. The second kappa shape index (κ2) is 10.1. The summed E-state index contributed by atoms with van der Waals surface area (Å²) in [7, 11) is 0. The van der Waals surface area contributed by atoms with Crippen LogP contribution < -0.4 is 0 Å². The lowest BCUT2D eigenvalue weighted by Gasteiger charge is -2.06. The van der Waals surface area contributed by atoms with Crippen LogP contribution in [-0.4, -0.2) is 11.8 Å². The standard InChI is InChI=1S/C14H24O3/c1-4-6-8-9-11-14(17-12(3)15)13(16)10-7-5-2/h11H,4-10H2,1-3H3/b14-11-. The van der Waals surface area contributed by atoms with Crippen LogP contribution in [0.4, 0.5) is 0 Å². The highest BCUT2D eigenvalue weighted by Crippen LogP contribution is 2.10. The van der Waals surface area contributed by atoms with Crippen molar-refractivity contribution in [2.45, 2.75) is 65.7 Å². The summed E-state index contributed by atoms with van der Waals surface area (Å²) in [5, 5.41) is 0. The van der Waals surface area contributed by atoms with E-state index in [0.717, 1.165) is 38.5 Å². The fraction of sp³-hybridized carbons (Fsp3) is 0.714. The van der Waals surface area contributed by atoms with Gasteiger partial charge in [-0.25, -0.2) is 0 Å². The number of esters is 1. The number of allylic oxidation sites excluding steroid dienone is 2. The van der Waals surface area contributed by atoms with Crippen LogP contribution >= 0.6 is 0 Å². The topological polar surface area (TPSA) is 43.4 Å². The molecule has 3 nitrogen and oxygen atoms in total. The first kappa shape index (κ1) is 15.9. The van der Waals surface area contributed by atoms with Crippen LogP contribution in [-0.2, 0) is 14.3 Å². The molecule has 0 aliphatic heterocycles. The summed E-state index contributed by atoms with van der Waals surface area (Å²) in [4.78, 5) is 22.7. The predicted octanol–water partition coefficient (Wildman–Crippen LogP) is 3.77. The van der Waals surface area contributed by atoms with Crippen LogP contribution in [0, 0.1) is 0 Å². The van der Waals surface area contributed by atoms with Gasteiger partial charge in [-0.3, -0.25) is 9.59 Å². The van der Waals surface area contributed by atoms with E-state index in [4.69, 9.17) is 4.74 Å². The minimum absolute atomic E-state index is 0.0569. The number of carbonyl (C=O) groups excluding carboxylic acids is 2. The van der Waals surface area contributed by atoms with Crippen molar-refractivity contribution in [3.8, 4) is 0 Å². The van der Waals surface area contributed by atoms with E-state index in [9.17, 15) is 9.59 Å². The molecule has 0 aromatic rings. The largest absolute Gasteiger partial charge is 0.423 e. The number of ketones is 1. The van der Waals surface area contributed by atoms with Gasteiger partial charge in [-0.15, -0.1) is 0 Å². The van der Waals surface area contributed by atoms with E-state index in [1.165, 1.54) is 6.92 Å². The van der Waals surface area contributed by atoms with Crippen molar-refractivity contribution in [3.63, 3.8) is 0 Å². The molecule has 3 heteroatoms. The molecule has 0 aromatic carbocycles. The molecule has 0 aliphatic rings. The first-order chi connectivity index (χ1) is 8.11. The molecule has 0 aromatic heterocycles. The number of carbonyl (C=O) groups is 2. The van der Waals surface area contributed by atoms with Gasteiger partial charge in [-0.2, -0.15) is 0 Å². The Morgan fingerprint density at radius 1 is 1.06 bits per heavy atom. The van der Waals surface area contributed by atoms with E-state index < -0.39 is 5.97 Å². The second-order valence-electron chi connectivity index (χ2n) is 4.18. The molecule has 0 N–H and O–H groups in total. The van der Waals surface area contributed by atoms with Crippen LogP contribution in [0.1, 0.15) is 65.7 Å². The molecule has 0 atom stereocenters. The maximum atomic E-state index is 11.8. The third-order valence-electron chi connectivity index (χ3n) is 2.42. The highest BCUT2D eigenvalue weighted by Gasteiger charge is 2.12. The normalized spacial score (nSPS) is 11.4. The molecule has 0 saturated carbocycles. The van der Waals surface area contributed by atoms with Crippen LogP contribution in [0.5, 0.6) is 0 Å². The molecule has 0 rings (SSSR count). The van der Waals surface area contributed by atoms with Crippen molar-refractivity contribution in [1.29, 1.82) is 0 Å². The lowest BCUT2D eigenvalue weighted by molar-refractivity contribution is -0.140. The fourth-order valence-electron chi connectivity index (χ4n) is 1.46. The number of hydrogen-bond acceptors (Lipinski definition) is 3. The van der Waals surface area contributed by atoms with E-state index in [2.05, 4.69) is 6.92 Å². The Balaban J connectivity index is 4.29. The molecule has 0 unspecified atom stereocenters. The molecule has 0 radical (unpaired) electrons. The lowest BCUT2D eigenvalue weighted by atomic mass is 10.1. The summed E-state index contributed by atoms with van der Waals surface area (Å²) < 4.78 is 4.96. The minimum Gasteiger partial charge on any atom is -0.423 e. The highest BCUT2D eigenvalue weighted by atomic mass is 16.5. The van der Waals surface area contributed by atoms with Crippen molar-refractivity contribution in [2.75, 3.05) is 0 Å². The predicted molar refractivity (Wildman–Crippen MR) is 68.5 cm³/mol. The maximum absolute atomic E-state index is 11.8. The van der Waals surface area contributed by atoms with Gasteiger partial charge in [-0.05, 0) is 25.3 Å². The van der Waals surface area contributed by atoms with Gasteiger partial charge in [0.1, 0.15) is 0 Å². The van der Waals surface area contributed by atoms with E-state index >= 15 is 0 Å². The zero-order chi connectivity index (χ0) is 13.1. The summed E-state index contributed by atoms with van der Waals surface area (Å²) in [5.74, 6) is -0.239. The van der Waals surface area contributed by atoms with Gasteiger partial charge in [0.05, 0.1) is 0 Å². The number of Topliss-reactive ketones (excluding diaryl/α,β-unsaturated/α-hetero) is 1. The molecule has 0 heterocycles. The van der Waals surface area contributed by atoms with Crippen molar-refractivity contribution < 1.29 is 14.3 Å². The van der Waals surface area contributed by atoms with Crippen molar-refractivity contribution in [2.24, 2.45) is 0 Å². The highest BCUT2D eigenvalue weighted by molar-refractivity contribution is 5.95. The second-order valence-corrected chi connectivity index (χ2v) is 4.18. The van der Waals surface area contributed by atoms with E-state index in [-0.39, 0.29) is 11.5 Å². The van der Waals surface area contributed by atoms with Gasteiger partial charge in [-0.1, -0.05) is 33.1 Å². The maximum Gasteiger partial charge on any atom is 0.308 e. The third kappa shape index (κ3) is 8.66. The summed E-state index contributed by atoms with van der Waals surface area (Å²) in [5.41, 5.74) is 0.